The molecule has 0 radical (unpaired) electrons. The van der Waals surface area contributed by atoms with Crippen LogP contribution in [0.4, 0.5) is 0 Å². The first-order valence-electron chi connectivity index (χ1n) is 7.91. The van der Waals surface area contributed by atoms with Gasteiger partial charge in [-0.05, 0) is 51.0 Å². The molecule has 24 heavy (non-hydrogen) atoms. The van der Waals surface area contributed by atoms with Crippen LogP contribution in [0.2, 0.25) is 0 Å². The Hall–Kier alpha value is -2.63. The zero-order valence-electron chi connectivity index (χ0n) is 14.5. The van der Waals surface area contributed by atoms with Crippen LogP contribution in [-0.4, -0.2) is 28.1 Å². The van der Waals surface area contributed by atoms with Crippen molar-refractivity contribution in [3.63, 3.8) is 0 Å². The molecule has 0 aliphatic carbocycles. The fraction of sp³-hybridized carbons (Fsp3) is 0.389. The molecule has 0 spiro atoms. The number of aryl methyl sites for hydroxylation is 3. The average molecular weight is 329 g/mol. The number of hydrogen-bond donors (Lipinski definition) is 1. The maximum atomic E-state index is 12.1. The van der Waals surface area contributed by atoms with Crippen LogP contribution in [0.25, 0.3) is 0 Å². The number of ether oxygens (including phenoxy) is 1. The fourth-order valence-electron chi connectivity index (χ4n) is 2.21. The smallest absolute Gasteiger partial charge is 0.260 e. The van der Waals surface area contributed by atoms with Gasteiger partial charge in [0, 0.05) is 24.8 Å². The summed E-state index contributed by atoms with van der Waals surface area (Å²) in [5.41, 5.74) is 2.78. The minimum atomic E-state index is -0.612. The van der Waals surface area contributed by atoms with Crippen LogP contribution < -0.4 is 15.6 Å². The van der Waals surface area contributed by atoms with E-state index in [1.165, 1.54) is 22.7 Å². The highest BCUT2D eigenvalue weighted by Gasteiger charge is 2.14. The molecule has 0 aliphatic rings. The van der Waals surface area contributed by atoms with Gasteiger partial charge in [0.05, 0.1) is 6.33 Å². The van der Waals surface area contributed by atoms with Crippen molar-refractivity contribution in [2.75, 3.05) is 6.54 Å². The normalized spacial score (nSPS) is 11.8. The number of carbonyl (C=O) groups is 1. The van der Waals surface area contributed by atoms with Gasteiger partial charge < -0.3 is 10.1 Å². The van der Waals surface area contributed by atoms with E-state index < -0.39 is 6.10 Å². The molecule has 128 valence electrons. The summed E-state index contributed by atoms with van der Waals surface area (Å²) in [5, 5.41) is 2.77. The average Bonchev–Trinajstić information content (AvgIpc) is 2.54. The first-order chi connectivity index (χ1) is 11.4. The van der Waals surface area contributed by atoms with Crippen LogP contribution in [0.15, 0.2) is 35.5 Å². The molecule has 0 saturated carbocycles. The van der Waals surface area contributed by atoms with Crippen molar-refractivity contribution in [1.82, 2.24) is 14.9 Å². The van der Waals surface area contributed by atoms with Gasteiger partial charge in [-0.3, -0.25) is 14.2 Å². The van der Waals surface area contributed by atoms with E-state index in [1.807, 2.05) is 32.0 Å². The molecule has 2 aromatic rings. The number of carbonyl (C=O) groups excluding carboxylic acids is 1. The Morgan fingerprint density at radius 1 is 1.25 bits per heavy atom. The molecule has 1 unspecified atom stereocenters. The summed E-state index contributed by atoms with van der Waals surface area (Å²) >= 11 is 0. The van der Waals surface area contributed by atoms with Crippen molar-refractivity contribution in [3.8, 4) is 5.75 Å². The van der Waals surface area contributed by atoms with E-state index in [1.54, 1.807) is 13.8 Å². The van der Waals surface area contributed by atoms with Crippen LogP contribution in [0.3, 0.4) is 0 Å². The molecule has 6 nitrogen and oxygen atoms in total. The van der Waals surface area contributed by atoms with Crippen LogP contribution >= 0.6 is 0 Å². The lowest BCUT2D eigenvalue weighted by Gasteiger charge is -2.16. The molecule has 1 atom stereocenters. The molecule has 1 N–H and O–H groups in total. The highest BCUT2D eigenvalue weighted by atomic mass is 16.5. The summed E-state index contributed by atoms with van der Waals surface area (Å²) in [6, 6.07) is 5.73. The molecular formula is C18H23N3O3. The van der Waals surface area contributed by atoms with Gasteiger partial charge in [0.15, 0.2) is 6.10 Å². The number of amides is 1. The van der Waals surface area contributed by atoms with E-state index in [9.17, 15) is 9.59 Å². The number of hydrogen-bond acceptors (Lipinski definition) is 4. The number of rotatable bonds is 6. The predicted octanol–water partition coefficient (Wildman–Crippen LogP) is 1.75. The summed E-state index contributed by atoms with van der Waals surface area (Å²) in [6.07, 6.45) is 2.38. The molecule has 0 bridgehead atoms. The van der Waals surface area contributed by atoms with Crippen LogP contribution in [0.1, 0.15) is 23.6 Å². The van der Waals surface area contributed by atoms with Crippen molar-refractivity contribution in [2.45, 2.75) is 40.3 Å². The van der Waals surface area contributed by atoms with Gasteiger partial charge in [-0.1, -0.05) is 6.07 Å². The Morgan fingerprint density at radius 2 is 2.00 bits per heavy atom. The maximum Gasteiger partial charge on any atom is 0.260 e. The molecule has 2 rings (SSSR count). The van der Waals surface area contributed by atoms with E-state index >= 15 is 0 Å². The monoisotopic (exact) mass is 329 g/mol. The van der Waals surface area contributed by atoms with Gasteiger partial charge in [0.25, 0.3) is 11.5 Å². The molecule has 1 heterocycles. The van der Waals surface area contributed by atoms with Gasteiger partial charge >= 0.3 is 0 Å². The van der Waals surface area contributed by atoms with E-state index in [0.717, 1.165) is 5.56 Å². The van der Waals surface area contributed by atoms with Crippen LogP contribution in [0.5, 0.6) is 5.75 Å². The first kappa shape index (κ1) is 17.7. The standard InChI is InChI=1S/C18H23N3O3/c1-12-5-6-16(9-13(12)2)24-15(4)17(22)20-7-8-21-11-19-10-14(3)18(21)23/h5-6,9-11,15H,7-8H2,1-4H3,(H,20,22). The Bertz CT molecular complexity index is 783. The van der Waals surface area contributed by atoms with Crippen LogP contribution in [-0.2, 0) is 11.3 Å². The zero-order chi connectivity index (χ0) is 17.7. The summed E-state index contributed by atoms with van der Waals surface area (Å²) in [4.78, 5) is 27.9. The number of benzene rings is 1. The quantitative estimate of drug-likeness (QED) is 0.876. The highest BCUT2D eigenvalue weighted by Crippen LogP contribution is 2.17. The molecular weight excluding hydrogens is 306 g/mol. The van der Waals surface area contributed by atoms with Gasteiger partial charge in [-0.2, -0.15) is 0 Å². The Kier molecular flexibility index (Phi) is 5.73. The summed E-state index contributed by atoms with van der Waals surface area (Å²) in [7, 11) is 0. The van der Waals surface area contributed by atoms with Crippen molar-refractivity contribution in [1.29, 1.82) is 0 Å². The lowest BCUT2D eigenvalue weighted by molar-refractivity contribution is -0.127. The van der Waals surface area contributed by atoms with Crippen molar-refractivity contribution in [2.24, 2.45) is 0 Å². The summed E-state index contributed by atoms with van der Waals surface area (Å²) in [6.45, 7) is 8.15. The third kappa shape index (κ3) is 4.44. The van der Waals surface area contributed by atoms with Gasteiger partial charge in [0.2, 0.25) is 0 Å². The third-order valence-corrected chi connectivity index (χ3v) is 3.88. The summed E-state index contributed by atoms with van der Waals surface area (Å²) in [5.74, 6) is 0.446. The fourth-order valence-corrected chi connectivity index (χ4v) is 2.21. The highest BCUT2D eigenvalue weighted by molar-refractivity contribution is 5.80. The zero-order valence-corrected chi connectivity index (χ0v) is 14.5. The topological polar surface area (TPSA) is 73.2 Å². The maximum absolute atomic E-state index is 12.1. The van der Waals surface area contributed by atoms with Crippen molar-refractivity contribution < 1.29 is 9.53 Å². The minimum Gasteiger partial charge on any atom is -0.481 e. The predicted molar refractivity (Wildman–Crippen MR) is 92.2 cm³/mol. The number of nitrogens with one attached hydrogen (secondary N) is 1. The first-order valence-corrected chi connectivity index (χ1v) is 7.91. The second kappa shape index (κ2) is 7.77. The Balaban J connectivity index is 1.86. The molecule has 6 heteroatoms. The van der Waals surface area contributed by atoms with E-state index in [4.69, 9.17) is 4.74 Å². The second-order valence-electron chi connectivity index (χ2n) is 5.87. The lowest BCUT2D eigenvalue weighted by Crippen LogP contribution is -2.39. The number of aromatic nitrogens is 2. The van der Waals surface area contributed by atoms with Gasteiger partial charge in [0.1, 0.15) is 5.75 Å². The van der Waals surface area contributed by atoms with E-state index in [2.05, 4.69) is 10.3 Å². The molecule has 1 aromatic carbocycles. The van der Waals surface area contributed by atoms with Crippen molar-refractivity contribution >= 4 is 5.91 Å². The Morgan fingerprint density at radius 3 is 2.71 bits per heavy atom. The molecule has 0 saturated heterocycles. The van der Waals surface area contributed by atoms with Crippen molar-refractivity contribution in [3.05, 3.63) is 57.8 Å². The number of nitrogens with zero attached hydrogens (tertiary/aromatic N) is 2. The van der Waals surface area contributed by atoms with Gasteiger partial charge in [-0.15, -0.1) is 0 Å². The molecule has 1 aromatic heterocycles. The van der Waals surface area contributed by atoms with Gasteiger partial charge in [-0.25, -0.2) is 4.98 Å². The summed E-state index contributed by atoms with van der Waals surface area (Å²) < 4.78 is 7.14. The largest absolute Gasteiger partial charge is 0.481 e. The third-order valence-electron chi connectivity index (χ3n) is 3.88. The minimum absolute atomic E-state index is 0.0984. The SMILES string of the molecule is Cc1ccc(OC(C)C(=O)NCCn2cncc(C)c2=O)cc1C. The lowest BCUT2D eigenvalue weighted by atomic mass is 10.1. The Labute approximate surface area is 141 Å². The van der Waals surface area contributed by atoms with E-state index in [0.29, 0.717) is 24.4 Å². The molecule has 1 amide bonds. The second-order valence-corrected chi connectivity index (χ2v) is 5.87. The molecule has 0 aliphatic heterocycles. The molecule has 0 fully saturated rings. The van der Waals surface area contributed by atoms with E-state index in [-0.39, 0.29) is 11.5 Å². The van der Waals surface area contributed by atoms with Crippen LogP contribution in [0, 0.1) is 20.8 Å².